The fraction of sp³-hybridized carbons (Fsp3) is 0.0909. The zero-order chi connectivity index (χ0) is 13.3. The lowest BCUT2D eigenvalue weighted by Gasteiger charge is -2.06. The summed E-state index contributed by atoms with van der Waals surface area (Å²) in [6, 6.07) is 4.48. The van der Waals surface area contributed by atoms with Gasteiger partial charge in [0.1, 0.15) is 5.70 Å². The van der Waals surface area contributed by atoms with Gasteiger partial charge in [0.2, 0.25) is 0 Å². The summed E-state index contributed by atoms with van der Waals surface area (Å²) in [6.45, 7) is 0. The van der Waals surface area contributed by atoms with Crippen LogP contribution in [0.15, 0.2) is 30.0 Å². The molecule has 2 N–H and O–H groups in total. The molecule has 0 aliphatic carbocycles. The van der Waals surface area contributed by atoms with Crippen LogP contribution in [-0.4, -0.2) is 11.0 Å². The number of carbonyl (C=O) groups excluding carboxylic acids is 1. The van der Waals surface area contributed by atoms with Gasteiger partial charge in [0.15, 0.2) is 5.11 Å². The number of rotatable bonds is 1. The van der Waals surface area contributed by atoms with E-state index in [0.29, 0.717) is 5.56 Å². The van der Waals surface area contributed by atoms with Gasteiger partial charge in [-0.3, -0.25) is 10.1 Å². The molecule has 7 heteroatoms. The van der Waals surface area contributed by atoms with Gasteiger partial charge in [-0.05, 0) is 36.0 Å². The Morgan fingerprint density at radius 1 is 1.11 bits per heavy atom. The summed E-state index contributed by atoms with van der Waals surface area (Å²) in [4.78, 5) is 11.3. The first-order chi connectivity index (χ1) is 8.36. The van der Waals surface area contributed by atoms with E-state index in [4.69, 9.17) is 12.2 Å². The number of hydrogen-bond acceptors (Lipinski definition) is 2. The maximum absolute atomic E-state index is 12.3. The summed E-state index contributed by atoms with van der Waals surface area (Å²) in [7, 11) is 0. The van der Waals surface area contributed by atoms with Crippen LogP contribution in [0.25, 0.3) is 6.08 Å². The quantitative estimate of drug-likeness (QED) is 0.607. The minimum Gasteiger partial charge on any atom is -0.328 e. The number of hydrogen-bond donors (Lipinski definition) is 2. The number of alkyl halides is 3. The maximum Gasteiger partial charge on any atom is 0.416 e. The van der Waals surface area contributed by atoms with Gasteiger partial charge in [0.25, 0.3) is 5.91 Å². The summed E-state index contributed by atoms with van der Waals surface area (Å²) >= 11 is 4.73. The van der Waals surface area contributed by atoms with E-state index in [0.717, 1.165) is 12.1 Å². The predicted molar refractivity (Wildman–Crippen MR) is 63.3 cm³/mol. The highest BCUT2D eigenvalue weighted by Gasteiger charge is 2.30. The number of amides is 1. The topological polar surface area (TPSA) is 41.1 Å². The highest BCUT2D eigenvalue weighted by atomic mass is 32.1. The Balaban J connectivity index is 2.24. The molecule has 0 radical (unpaired) electrons. The third-order valence-electron chi connectivity index (χ3n) is 2.27. The molecule has 1 saturated heterocycles. The fourth-order valence-electron chi connectivity index (χ4n) is 1.42. The predicted octanol–water partition coefficient (Wildman–Crippen LogP) is 2.05. The molecule has 18 heavy (non-hydrogen) atoms. The van der Waals surface area contributed by atoms with Gasteiger partial charge in [0, 0.05) is 0 Å². The van der Waals surface area contributed by atoms with E-state index in [1.807, 2.05) is 0 Å². The summed E-state index contributed by atoms with van der Waals surface area (Å²) in [5.74, 6) is -0.403. The van der Waals surface area contributed by atoms with Crippen LogP contribution in [0.3, 0.4) is 0 Å². The van der Waals surface area contributed by atoms with Gasteiger partial charge in [0.05, 0.1) is 5.56 Å². The summed E-state index contributed by atoms with van der Waals surface area (Å²) in [6.07, 6.45) is -2.94. The number of nitrogens with one attached hydrogen (secondary N) is 2. The monoisotopic (exact) mass is 272 g/mol. The molecule has 0 aromatic heterocycles. The molecular weight excluding hydrogens is 265 g/mol. The first kappa shape index (κ1) is 12.6. The summed E-state index contributed by atoms with van der Waals surface area (Å²) < 4.78 is 37.0. The molecule has 1 fully saturated rings. The van der Waals surface area contributed by atoms with Crippen molar-refractivity contribution in [3.05, 3.63) is 41.1 Å². The van der Waals surface area contributed by atoms with Crippen molar-refractivity contribution in [2.24, 2.45) is 0 Å². The van der Waals surface area contributed by atoms with E-state index in [9.17, 15) is 18.0 Å². The molecule has 1 aromatic rings. The van der Waals surface area contributed by atoms with Gasteiger partial charge < -0.3 is 5.32 Å². The Labute approximate surface area is 106 Å². The Kier molecular flexibility index (Phi) is 3.08. The second-order valence-electron chi connectivity index (χ2n) is 3.59. The molecule has 94 valence electrons. The van der Waals surface area contributed by atoms with Gasteiger partial charge >= 0.3 is 6.18 Å². The van der Waals surface area contributed by atoms with E-state index in [1.54, 1.807) is 0 Å². The fourth-order valence-corrected chi connectivity index (χ4v) is 1.62. The molecule has 2 rings (SSSR count). The van der Waals surface area contributed by atoms with E-state index >= 15 is 0 Å². The molecule has 1 aliphatic rings. The lowest BCUT2D eigenvalue weighted by Crippen LogP contribution is -2.21. The highest BCUT2D eigenvalue weighted by Crippen LogP contribution is 2.29. The minimum absolute atomic E-state index is 0.179. The van der Waals surface area contributed by atoms with Crippen molar-refractivity contribution in [1.29, 1.82) is 0 Å². The van der Waals surface area contributed by atoms with Crippen molar-refractivity contribution >= 4 is 29.3 Å². The minimum atomic E-state index is -4.36. The number of carbonyl (C=O) groups is 1. The molecule has 1 heterocycles. The molecule has 0 spiro atoms. The standard InChI is InChI=1S/C11H7F3N2OS/c12-11(13,14)7-3-1-6(2-4-7)5-8-9(17)16-10(18)15-8/h1-5H,(H2,15,16,17,18)/b8-5-. The lowest BCUT2D eigenvalue weighted by atomic mass is 10.1. The average Bonchev–Trinajstić information content (AvgIpc) is 2.57. The SMILES string of the molecule is O=C1NC(=S)N/C1=C\c1ccc(C(F)(F)F)cc1. The second kappa shape index (κ2) is 4.41. The van der Waals surface area contributed by atoms with Crippen molar-refractivity contribution in [3.63, 3.8) is 0 Å². The Morgan fingerprint density at radius 3 is 2.17 bits per heavy atom. The van der Waals surface area contributed by atoms with Crippen LogP contribution in [0.1, 0.15) is 11.1 Å². The van der Waals surface area contributed by atoms with Crippen LogP contribution in [0.5, 0.6) is 0 Å². The Hall–Kier alpha value is -1.89. The lowest BCUT2D eigenvalue weighted by molar-refractivity contribution is -0.137. The third-order valence-corrected chi connectivity index (χ3v) is 2.47. The molecule has 0 bridgehead atoms. The van der Waals surface area contributed by atoms with Crippen LogP contribution in [0.4, 0.5) is 13.2 Å². The zero-order valence-corrected chi connectivity index (χ0v) is 9.65. The molecule has 1 aliphatic heterocycles. The van der Waals surface area contributed by atoms with Crippen molar-refractivity contribution in [1.82, 2.24) is 10.6 Å². The normalized spacial score (nSPS) is 17.8. The first-order valence-corrected chi connectivity index (χ1v) is 5.28. The van der Waals surface area contributed by atoms with Gasteiger partial charge in [-0.15, -0.1) is 0 Å². The molecule has 0 unspecified atom stereocenters. The molecule has 0 atom stereocenters. The van der Waals surface area contributed by atoms with Crippen molar-refractivity contribution in [2.45, 2.75) is 6.18 Å². The Morgan fingerprint density at radius 2 is 1.72 bits per heavy atom. The maximum atomic E-state index is 12.3. The Bertz CT molecular complexity index is 534. The van der Waals surface area contributed by atoms with Gasteiger partial charge in [-0.1, -0.05) is 12.1 Å². The number of thiocarbonyl (C=S) groups is 1. The van der Waals surface area contributed by atoms with Crippen molar-refractivity contribution in [2.75, 3.05) is 0 Å². The van der Waals surface area contributed by atoms with Crippen LogP contribution in [0, 0.1) is 0 Å². The summed E-state index contributed by atoms with van der Waals surface area (Å²) in [5, 5.41) is 5.14. The van der Waals surface area contributed by atoms with Gasteiger partial charge in [-0.25, -0.2) is 0 Å². The molecule has 0 saturated carbocycles. The number of halogens is 3. The third kappa shape index (κ3) is 2.67. The largest absolute Gasteiger partial charge is 0.416 e. The molecular formula is C11H7F3N2OS. The van der Waals surface area contributed by atoms with Crippen LogP contribution >= 0.6 is 12.2 Å². The smallest absolute Gasteiger partial charge is 0.328 e. The van der Waals surface area contributed by atoms with E-state index in [2.05, 4.69) is 10.6 Å². The van der Waals surface area contributed by atoms with Crippen LogP contribution < -0.4 is 10.6 Å². The molecule has 1 amide bonds. The van der Waals surface area contributed by atoms with Crippen molar-refractivity contribution in [3.8, 4) is 0 Å². The van der Waals surface area contributed by atoms with E-state index < -0.39 is 17.6 Å². The van der Waals surface area contributed by atoms with E-state index in [-0.39, 0.29) is 10.8 Å². The van der Waals surface area contributed by atoms with Crippen LogP contribution in [-0.2, 0) is 11.0 Å². The van der Waals surface area contributed by atoms with Crippen molar-refractivity contribution < 1.29 is 18.0 Å². The summed E-state index contributed by atoms with van der Waals surface area (Å²) in [5.41, 5.74) is -0.0471. The van der Waals surface area contributed by atoms with Crippen LogP contribution in [0.2, 0.25) is 0 Å². The molecule has 3 nitrogen and oxygen atoms in total. The average molecular weight is 272 g/mol. The zero-order valence-electron chi connectivity index (χ0n) is 8.84. The first-order valence-electron chi connectivity index (χ1n) is 4.87. The number of benzene rings is 1. The van der Waals surface area contributed by atoms with Gasteiger partial charge in [-0.2, -0.15) is 13.2 Å². The van der Waals surface area contributed by atoms with E-state index in [1.165, 1.54) is 18.2 Å². The molecule has 1 aromatic carbocycles. The second-order valence-corrected chi connectivity index (χ2v) is 3.99. The highest BCUT2D eigenvalue weighted by molar-refractivity contribution is 7.80.